The van der Waals surface area contributed by atoms with Crippen molar-refractivity contribution in [3.63, 3.8) is 0 Å². The highest BCUT2D eigenvalue weighted by Crippen LogP contribution is 2.26. The lowest BCUT2D eigenvalue weighted by atomic mass is 10.0. The summed E-state index contributed by atoms with van der Waals surface area (Å²) in [7, 11) is -1.18. The van der Waals surface area contributed by atoms with Gasteiger partial charge in [-0.3, -0.25) is 9.93 Å². The molecule has 0 heterocycles. The van der Waals surface area contributed by atoms with Crippen LogP contribution in [0.1, 0.15) is 51.5 Å². The van der Waals surface area contributed by atoms with Crippen molar-refractivity contribution in [3.8, 4) is 0 Å². The lowest BCUT2D eigenvalue weighted by molar-refractivity contribution is 0.102. The van der Waals surface area contributed by atoms with Gasteiger partial charge in [-0.15, -0.1) is 0 Å². The summed E-state index contributed by atoms with van der Waals surface area (Å²) in [5.41, 5.74) is 3.13. The molecule has 0 spiro atoms. The molecule has 0 saturated carbocycles. The van der Waals surface area contributed by atoms with Crippen LogP contribution in [0.15, 0.2) is 36.4 Å². The van der Waals surface area contributed by atoms with Gasteiger partial charge in [0, 0.05) is 20.2 Å². The molecule has 150 valence electrons. The predicted octanol–water partition coefficient (Wildman–Crippen LogP) is 4.61. The first-order chi connectivity index (χ1) is 12.6. The van der Waals surface area contributed by atoms with Crippen LogP contribution in [-0.4, -0.2) is 14.9 Å². The average Bonchev–Trinajstić information content (AvgIpc) is 3.06. The topological polar surface area (TPSA) is 72.2 Å². The first-order valence-corrected chi connectivity index (χ1v) is 9.84. The first-order valence-electron chi connectivity index (χ1n) is 8.63. The summed E-state index contributed by atoms with van der Waals surface area (Å²) in [6, 6.07) is 8.97. The normalized spacial score (nSPS) is 14.0. The molecular weight excluding hydrogens is 370 g/mol. The molecule has 4 nitrogen and oxygen atoms in total. The van der Waals surface area contributed by atoms with E-state index in [1.54, 1.807) is 6.07 Å². The molecule has 2 aromatic carbocycles. The smallest absolute Gasteiger partial charge is 0.255 e. The molecule has 0 unspecified atom stereocenters. The van der Waals surface area contributed by atoms with Gasteiger partial charge in [-0.25, -0.2) is 13.0 Å². The highest BCUT2D eigenvalue weighted by molar-refractivity contribution is 7.84. The van der Waals surface area contributed by atoms with E-state index in [4.69, 9.17) is 5.14 Å². The second kappa shape index (κ2) is 8.71. The van der Waals surface area contributed by atoms with Crippen molar-refractivity contribution in [2.75, 3.05) is 5.32 Å². The zero-order valence-corrected chi connectivity index (χ0v) is 16.5. The number of carbonyl (C=O) groups is 1. The van der Waals surface area contributed by atoms with Crippen molar-refractivity contribution in [1.29, 1.82) is 0 Å². The van der Waals surface area contributed by atoms with Crippen LogP contribution in [-0.2, 0) is 23.8 Å². The van der Waals surface area contributed by atoms with Crippen molar-refractivity contribution in [2.45, 2.75) is 44.8 Å². The molecule has 0 fully saturated rings. The molecule has 0 bridgehead atoms. The van der Waals surface area contributed by atoms with Gasteiger partial charge < -0.3 is 5.32 Å². The van der Waals surface area contributed by atoms with Gasteiger partial charge in [-0.1, -0.05) is 12.1 Å². The summed E-state index contributed by atoms with van der Waals surface area (Å²) in [6.07, 6.45) is 2.92. The summed E-state index contributed by atoms with van der Waals surface area (Å²) in [4.78, 5) is 12.2. The van der Waals surface area contributed by atoms with Gasteiger partial charge in [0.25, 0.3) is 5.91 Å². The summed E-state index contributed by atoms with van der Waals surface area (Å²) in [5.74, 6) is -2.18. The summed E-state index contributed by atoms with van der Waals surface area (Å²) in [5, 5.41) is 7.65. The van der Waals surface area contributed by atoms with Crippen molar-refractivity contribution >= 4 is 22.6 Å². The quantitative estimate of drug-likeness (QED) is 0.776. The van der Waals surface area contributed by atoms with Crippen LogP contribution >= 0.6 is 0 Å². The Labute approximate surface area is 163 Å². The number of carbonyl (C=O) groups excluding carboxylic acids is 1. The largest absolute Gasteiger partial charge is 0.322 e. The van der Waals surface area contributed by atoms with E-state index >= 15 is 0 Å². The third kappa shape index (κ3) is 5.68. The Morgan fingerprint density at radius 3 is 2.41 bits per heavy atom. The Hall–Kier alpha value is -2.12. The molecule has 2 aromatic rings. The van der Waals surface area contributed by atoms with Crippen LogP contribution in [0.25, 0.3) is 0 Å². The molecule has 1 atom stereocenters. The van der Waals surface area contributed by atoms with Crippen molar-refractivity contribution < 1.29 is 20.6 Å². The van der Waals surface area contributed by atoms with Crippen LogP contribution in [0.2, 0.25) is 0 Å². The number of amides is 1. The molecule has 1 amide bonds. The monoisotopic (exact) mass is 398 g/mol. The molecular formula is C20H28F2N2O2S. The van der Waals surface area contributed by atoms with E-state index < -0.39 is 22.6 Å². The van der Waals surface area contributed by atoms with E-state index in [9.17, 15) is 17.8 Å². The zero-order chi connectivity index (χ0) is 20.2. The Kier molecular flexibility index (Phi) is 6.84. The number of hydrogen-bond acceptors (Lipinski definition) is 2. The molecule has 1 aliphatic carbocycles. The van der Waals surface area contributed by atoms with E-state index in [1.807, 2.05) is 32.9 Å². The standard InChI is InChI=1S/C16H13F2NO.C4H11NOS.2H2/c17-14-8-7-11(9-15(14)18)19-16(20)13-6-2-4-10-3-1-5-12(10)13;1-4(2,3)7(5)6;;/h2,4,6-9H,1,3,5H2,(H,19,20);5H2,1-3H3;2*1H/t;7-;;/m.0../s1. The lowest BCUT2D eigenvalue weighted by Crippen LogP contribution is -2.27. The van der Waals surface area contributed by atoms with Gasteiger partial charge in [0.15, 0.2) is 11.6 Å². The molecule has 27 heavy (non-hydrogen) atoms. The predicted molar refractivity (Wildman–Crippen MR) is 109 cm³/mol. The third-order valence-corrected chi connectivity index (χ3v) is 5.38. The molecule has 0 saturated heterocycles. The van der Waals surface area contributed by atoms with Crippen LogP contribution in [0.3, 0.4) is 0 Å². The minimum Gasteiger partial charge on any atom is -0.322 e. The maximum Gasteiger partial charge on any atom is 0.255 e. The molecule has 3 N–H and O–H groups in total. The number of hydrogen-bond donors (Lipinski definition) is 2. The van der Waals surface area contributed by atoms with Crippen LogP contribution < -0.4 is 10.5 Å². The summed E-state index contributed by atoms with van der Waals surface area (Å²) in [6.45, 7) is 5.51. The van der Waals surface area contributed by atoms with E-state index in [1.165, 1.54) is 11.6 Å². The Balaban J connectivity index is 0.000000761. The third-order valence-electron chi connectivity index (χ3n) is 4.17. The van der Waals surface area contributed by atoms with Gasteiger partial charge in [0.05, 0.1) is 15.7 Å². The fraction of sp³-hybridized carbons (Fsp3) is 0.350. The van der Waals surface area contributed by atoms with Gasteiger partial charge in [-0.05, 0) is 69.4 Å². The Bertz CT molecular complexity index is 874. The summed E-state index contributed by atoms with van der Waals surface area (Å²) < 4.78 is 36.1. The Morgan fingerprint density at radius 2 is 1.81 bits per heavy atom. The van der Waals surface area contributed by atoms with Gasteiger partial charge >= 0.3 is 0 Å². The Morgan fingerprint density at radius 1 is 1.15 bits per heavy atom. The van der Waals surface area contributed by atoms with Crippen LogP contribution in [0, 0.1) is 11.6 Å². The van der Waals surface area contributed by atoms with Gasteiger partial charge in [0.2, 0.25) is 0 Å². The van der Waals surface area contributed by atoms with E-state index in [0.717, 1.165) is 37.0 Å². The number of nitrogens with two attached hydrogens (primary N) is 1. The van der Waals surface area contributed by atoms with Crippen molar-refractivity contribution in [3.05, 3.63) is 64.7 Å². The molecule has 0 aliphatic heterocycles. The molecule has 1 aliphatic rings. The number of halogens is 2. The second-order valence-corrected chi connectivity index (χ2v) is 9.11. The second-order valence-electron chi connectivity index (χ2n) is 7.29. The average molecular weight is 399 g/mol. The van der Waals surface area contributed by atoms with Gasteiger partial charge in [0.1, 0.15) is 0 Å². The number of rotatable bonds is 2. The highest BCUT2D eigenvalue weighted by Gasteiger charge is 2.19. The van der Waals surface area contributed by atoms with E-state index in [-0.39, 0.29) is 19.2 Å². The summed E-state index contributed by atoms with van der Waals surface area (Å²) >= 11 is 0. The van der Waals surface area contributed by atoms with Crippen molar-refractivity contribution in [1.82, 2.24) is 0 Å². The van der Waals surface area contributed by atoms with E-state index in [2.05, 4.69) is 5.32 Å². The number of fused-ring (bicyclic) bond motifs is 1. The fourth-order valence-electron chi connectivity index (χ4n) is 2.60. The number of nitrogens with one attached hydrogen (secondary N) is 1. The molecule has 3 rings (SSSR count). The van der Waals surface area contributed by atoms with E-state index in [0.29, 0.717) is 5.56 Å². The number of aryl methyl sites for hydroxylation is 1. The fourth-order valence-corrected chi connectivity index (χ4v) is 2.60. The minimum absolute atomic E-state index is 0. The molecule has 0 aromatic heterocycles. The maximum atomic E-state index is 13.1. The minimum atomic E-state index is -1.18. The maximum absolute atomic E-state index is 13.1. The number of anilines is 1. The molecule has 7 heteroatoms. The SMILES string of the molecule is CC(C)(C)[S@@](N)=O.O=C(Nc1ccc(F)c(F)c1)c1cccc2c1CCC2.[HH].[HH]. The highest BCUT2D eigenvalue weighted by atomic mass is 32.2. The number of benzene rings is 2. The van der Waals surface area contributed by atoms with Crippen molar-refractivity contribution in [2.24, 2.45) is 5.14 Å². The lowest BCUT2D eigenvalue weighted by Gasteiger charge is -2.11. The van der Waals surface area contributed by atoms with Crippen LogP contribution in [0.5, 0.6) is 0 Å². The first kappa shape index (κ1) is 21.2. The van der Waals surface area contributed by atoms with Crippen LogP contribution in [0.4, 0.5) is 14.5 Å². The van der Waals surface area contributed by atoms with Gasteiger partial charge in [-0.2, -0.15) is 0 Å². The molecule has 0 radical (unpaired) electrons. The zero-order valence-electron chi connectivity index (χ0n) is 15.6.